The van der Waals surface area contributed by atoms with Gasteiger partial charge in [-0.1, -0.05) is 91.0 Å². The molecule has 6 rings (SSSR count). The van der Waals surface area contributed by atoms with Crippen molar-refractivity contribution in [1.82, 2.24) is 29.1 Å². The molecule has 1 fully saturated rings. The van der Waals surface area contributed by atoms with Crippen LogP contribution in [0, 0.1) is 0 Å². The first kappa shape index (κ1) is 32.0. The van der Waals surface area contributed by atoms with Gasteiger partial charge in [0.2, 0.25) is 5.91 Å². The normalized spacial score (nSPS) is 18.8. The van der Waals surface area contributed by atoms with Crippen LogP contribution in [0.4, 0.5) is 5.82 Å². The summed E-state index contributed by atoms with van der Waals surface area (Å²) in [5, 5.41) is 2.73. The Hall–Kier alpha value is -3.96. The quantitative estimate of drug-likeness (QED) is 0.145. The summed E-state index contributed by atoms with van der Waals surface area (Å²) in [5.41, 5.74) is 3.36. The lowest BCUT2D eigenvalue weighted by Gasteiger charge is -2.50. The van der Waals surface area contributed by atoms with Gasteiger partial charge in [0.1, 0.15) is 12.6 Å². The fourth-order valence-electron chi connectivity index (χ4n) is 6.03. The summed E-state index contributed by atoms with van der Waals surface area (Å²) >= 11 is 6.30. The van der Waals surface area contributed by atoms with Crippen molar-refractivity contribution in [1.29, 1.82) is 0 Å². The third-order valence-electron chi connectivity index (χ3n) is 8.06. The molecule has 1 saturated heterocycles. The van der Waals surface area contributed by atoms with Crippen LogP contribution >= 0.6 is 18.1 Å². The number of hydrogen-bond acceptors (Lipinski definition) is 8. The number of nitrogens with zero attached hydrogens (tertiary/aromatic N) is 6. The van der Waals surface area contributed by atoms with Crippen molar-refractivity contribution in [3.05, 3.63) is 120 Å². The number of aromatic nitrogens is 4. The SMILES string of the molecule is CC(=O)Nc1ncnc2c1ncn2C1CN(C(c2ccccc2)(c2ccccc2)c2ccccc2)CC(COP(=O)(Cl)N(C)C)O1. The highest BCUT2D eigenvalue weighted by molar-refractivity contribution is 7.83. The van der Waals surface area contributed by atoms with Crippen LogP contribution in [-0.2, 0) is 24.2 Å². The van der Waals surface area contributed by atoms with E-state index in [1.807, 2.05) is 59.2 Å². The van der Waals surface area contributed by atoms with Gasteiger partial charge in [-0.25, -0.2) is 19.6 Å². The number of halogens is 1. The van der Waals surface area contributed by atoms with Crippen molar-refractivity contribution >= 4 is 41.0 Å². The molecule has 5 aromatic rings. The zero-order valence-electron chi connectivity index (χ0n) is 25.7. The second kappa shape index (κ2) is 13.4. The van der Waals surface area contributed by atoms with E-state index in [2.05, 4.69) is 61.6 Å². The number of rotatable bonds is 10. The van der Waals surface area contributed by atoms with E-state index in [1.54, 1.807) is 20.4 Å². The number of amides is 1. The maximum absolute atomic E-state index is 13.0. The summed E-state index contributed by atoms with van der Waals surface area (Å²) < 4.78 is 28.7. The van der Waals surface area contributed by atoms with Crippen LogP contribution in [0.5, 0.6) is 0 Å². The second-order valence-corrected chi connectivity index (χ2v) is 14.5. The Labute approximate surface area is 272 Å². The zero-order chi connectivity index (χ0) is 32.3. The fraction of sp³-hybridized carbons (Fsp3) is 0.273. The number of fused-ring (bicyclic) bond motifs is 1. The smallest absolute Gasteiger partial charge is 0.350 e. The van der Waals surface area contributed by atoms with E-state index in [1.165, 1.54) is 17.9 Å². The monoisotopic (exact) mass is 659 g/mol. The Balaban J connectivity index is 1.52. The second-order valence-electron chi connectivity index (χ2n) is 11.2. The maximum Gasteiger partial charge on any atom is 0.362 e. The van der Waals surface area contributed by atoms with Gasteiger partial charge < -0.3 is 14.6 Å². The van der Waals surface area contributed by atoms with Gasteiger partial charge in [-0.2, -0.15) is 0 Å². The van der Waals surface area contributed by atoms with Gasteiger partial charge in [0.05, 0.1) is 24.6 Å². The molecule has 1 aliphatic rings. The highest BCUT2D eigenvalue weighted by atomic mass is 35.7. The highest BCUT2D eigenvalue weighted by Gasteiger charge is 2.47. The van der Waals surface area contributed by atoms with Crippen LogP contribution < -0.4 is 5.32 Å². The summed E-state index contributed by atoms with van der Waals surface area (Å²) in [6, 6.07) is 31.1. The summed E-state index contributed by atoms with van der Waals surface area (Å²) in [5.74, 6) is 0.0432. The molecule has 11 nitrogen and oxygen atoms in total. The van der Waals surface area contributed by atoms with Gasteiger partial charge in [-0.3, -0.25) is 18.8 Å². The molecular weight excluding hydrogens is 625 g/mol. The molecule has 1 N–H and O–H groups in total. The molecule has 1 amide bonds. The third-order valence-corrected chi connectivity index (χ3v) is 10.7. The number of hydrogen-bond donors (Lipinski definition) is 1. The minimum atomic E-state index is -3.58. The van der Waals surface area contributed by atoms with Gasteiger partial charge in [0.25, 0.3) is 0 Å². The number of ether oxygens (including phenoxy) is 1. The first-order valence-corrected chi connectivity index (χ1v) is 17.3. The van der Waals surface area contributed by atoms with Gasteiger partial charge in [-0.15, -0.1) is 0 Å². The molecule has 1 aliphatic heterocycles. The number of anilines is 1. The van der Waals surface area contributed by atoms with Crippen molar-refractivity contribution in [3.8, 4) is 0 Å². The number of carbonyl (C=O) groups excluding carboxylic acids is 1. The summed E-state index contributed by atoms with van der Waals surface area (Å²) in [7, 11) is 3.22. The number of benzene rings is 3. The molecular formula is C33H35ClN7O4P. The number of imidazole rings is 1. The Morgan fingerprint density at radius 2 is 1.52 bits per heavy atom. The number of morpholine rings is 1. The van der Waals surface area contributed by atoms with Crippen molar-refractivity contribution in [2.45, 2.75) is 24.8 Å². The minimum absolute atomic E-state index is 0.0286. The first-order valence-electron chi connectivity index (χ1n) is 14.8. The molecule has 0 aliphatic carbocycles. The van der Waals surface area contributed by atoms with E-state index in [0.717, 1.165) is 16.7 Å². The molecule has 0 spiro atoms. The van der Waals surface area contributed by atoms with E-state index in [9.17, 15) is 9.36 Å². The summed E-state index contributed by atoms with van der Waals surface area (Å²) in [6.07, 6.45) is 1.85. The van der Waals surface area contributed by atoms with Crippen molar-refractivity contribution < 1.29 is 18.6 Å². The van der Waals surface area contributed by atoms with Crippen LogP contribution in [0.15, 0.2) is 104 Å². The zero-order valence-corrected chi connectivity index (χ0v) is 27.4. The minimum Gasteiger partial charge on any atom is -0.350 e. The predicted octanol–water partition coefficient (Wildman–Crippen LogP) is 5.90. The Morgan fingerprint density at radius 3 is 2.04 bits per heavy atom. The van der Waals surface area contributed by atoms with Crippen molar-refractivity contribution in [2.24, 2.45) is 0 Å². The summed E-state index contributed by atoms with van der Waals surface area (Å²) in [4.78, 5) is 27.5. The van der Waals surface area contributed by atoms with Crippen LogP contribution in [-0.4, -0.2) is 74.9 Å². The molecule has 0 radical (unpaired) electrons. The number of carbonyl (C=O) groups is 1. The Bertz CT molecular complexity index is 1750. The lowest BCUT2D eigenvalue weighted by Crippen LogP contribution is -2.57. The topological polar surface area (TPSA) is 115 Å². The standard InChI is InChI=1S/C33H35ClN7O4P/c1-24(42)38-31-30-32(36-22-35-31)41(23-37-30)29-20-40(19-28(45-29)21-44-46(34,43)39(2)3)33(25-13-7-4-8-14-25,26-15-9-5-10-16-26)27-17-11-6-12-18-27/h4-18,22-23,28-29H,19-21H2,1-3H3,(H,35,36,38,42). The van der Waals surface area contributed by atoms with Gasteiger partial charge in [-0.05, 0) is 42.0 Å². The van der Waals surface area contributed by atoms with E-state index in [4.69, 9.17) is 20.5 Å². The highest BCUT2D eigenvalue weighted by Crippen LogP contribution is 2.54. The molecule has 0 bridgehead atoms. The van der Waals surface area contributed by atoms with E-state index in [-0.39, 0.29) is 12.5 Å². The average molecular weight is 660 g/mol. The summed E-state index contributed by atoms with van der Waals surface area (Å²) in [6.45, 7) is -1.37. The molecule has 46 heavy (non-hydrogen) atoms. The predicted molar refractivity (Wildman–Crippen MR) is 177 cm³/mol. The van der Waals surface area contributed by atoms with E-state index < -0.39 is 24.7 Å². The van der Waals surface area contributed by atoms with Crippen LogP contribution in [0.1, 0.15) is 29.8 Å². The van der Waals surface area contributed by atoms with E-state index >= 15 is 0 Å². The lowest BCUT2D eigenvalue weighted by atomic mass is 9.75. The molecule has 0 saturated carbocycles. The fourth-order valence-corrected chi connectivity index (χ4v) is 6.78. The van der Waals surface area contributed by atoms with Crippen molar-refractivity contribution in [3.63, 3.8) is 0 Å². The molecule has 13 heteroatoms. The van der Waals surface area contributed by atoms with Crippen molar-refractivity contribution in [2.75, 3.05) is 39.1 Å². The Kier molecular flexibility index (Phi) is 9.33. The number of nitrogens with one attached hydrogen (secondary N) is 1. The third kappa shape index (κ3) is 6.22. The van der Waals surface area contributed by atoms with Crippen LogP contribution in [0.3, 0.4) is 0 Å². The first-order chi connectivity index (χ1) is 22.2. The molecule has 3 atom stereocenters. The average Bonchev–Trinajstić information content (AvgIpc) is 3.51. The van der Waals surface area contributed by atoms with Gasteiger partial charge >= 0.3 is 6.87 Å². The molecule has 3 unspecified atom stereocenters. The largest absolute Gasteiger partial charge is 0.362 e. The van der Waals surface area contributed by atoms with Crippen LogP contribution in [0.2, 0.25) is 0 Å². The molecule has 3 heterocycles. The van der Waals surface area contributed by atoms with Gasteiger partial charge in [0.15, 0.2) is 17.0 Å². The molecule has 2 aromatic heterocycles. The Morgan fingerprint density at radius 1 is 0.957 bits per heavy atom. The van der Waals surface area contributed by atoms with Gasteiger partial charge in [0, 0.05) is 20.0 Å². The lowest BCUT2D eigenvalue weighted by molar-refractivity contribution is -0.145. The molecule has 238 valence electrons. The maximum atomic E-state index is 13.0. The van der Waals surface area contributed by atoms with Crippen LogP contribution in [0.25, 0.3) is 11.2 Å². The molecule has 3 aromatic carbocycles. The van der Waals surface area contributed by atoms with E-state index in [0.29, 0.717) is 30.1 Å².